The molecule has 0 bridgehead atoms. The highest BCUT2D eigenvalue weighted by Crippen LogP contribution is 2.42. The molecule has 2 aromatic heterocycles. The number of benzene rings is 1. The van der Waals surface area contributed by atoms with E-state index in [9.17, 15) is 0 Å². The summed E-state index contributed by atoms with van der Waals surface area (Å²) in [7, 11) is 1.66. The fourth-order valence-corrected chi connectivity index (χ4v) is 3.35. The molecule has 0 amide bonds. The maximum Gasteiger partial charge on any atom is 0.223 e. The van der Waals surface area contributed by atoms with Crippen molar-refractivity contribution in [3.05, 3.63) is 60.6 Å². The maximum atomic E-state index is 6.14. The zero-order valence-electron chi connectivity index (χ0n) is 15.6. The Hall–Kier alpha value is -3.15. The predicted molar refractivity (Wildman–Crippen MR) is 104 cm³/mol. The van der Waals surface area contributed by atoms with Gasteiger partial charge >= 0.3 is 0 Å². The minimum atomic E-state index is -0.291. The Morgan fingerprint density at radius 3 is 2.85 bits per heavy atom. The van der Waals surface area contributed by atoms with E-state index in [4.69, 9.17) is 9.47 Å². The molecule has 4 rings (SSSR count). The Kier molecular flexibility index (Phi) is 4.39. The van der Waals surface area contributed by atoms with Crippen LogP contribution in [-0.2, 0) is 0 Å². The fourth-order valence-electron chi connectivity index (χ4n) is 3.35. The van der Waals surface area contributed by atoms with Crippen LogP contribution in [-0.4, -0.2) is 27.7 Å². The summed E-state index contributed by atoms with van der Waals surface area (Å²) < 4.78 is 11.5. The van der Waals surface area contributed by atoms with Gasteiger partial charge in [0.1, 0.15) is 17.1 Å². The van der Waals surface area contributed by atoms with Crippen LogP contribution in [0, 0.1) is 0 Å². The van der Waals surface area contributed by atoms with Crippen molar-refractivity contribution in [3.8, 4) is 22.8 Å². The zero-order valence-corrected chi connectivity index (χ0v) is 15.6. The lowest BCUT2D eigenvalue weighted by molar-refractivity contribution is 0.0756. The van der Waals surface area contributed by atoms with Crippen LogP contribution in [0.1, 0.15) is 31.9 Å². The van der Waals surface area contributed by atoms with E-state index in [-0.39, 0.29) is 11.6 Å². The fraction of sp³-hybridized carbons (Fsp3) is 0.286. The molecule has 1 aliphatic heterocycles. The molecule has 1 unspecified atom stereocenters. The van der Waals surface area contributed by atoms with E-state index in [1.54, 1.807) is 25.7 Å². The number of ether oxygens (including phenoxy) is 2. The van der Waals surface area contributed by atoms with E-state index in [0.717, 1.165) is 34.7 Å². The Balaban J connectivity index is 1.66. The van der Waals surface area contributed by atoms with Crippen LogP contribution < -0.4 is 14.8 Å². The van der Waals surface area contributed by atoms with Gasteiger partial charge in [-0.15, -0.1) is 0 Å². The third kappa shape index (κ3) is 3.69. The van der Waals surface area contributed by atoms with Crippen molar-refractivity contribution in [1.82, 2.24) is 15.0 Å². The molecule has 0 saturated heterocycles. The summed E-state index contributed by atoms with van der Waals surface area (Å²) in [5.41, 5.74) is 2.54. The lowest BCUT2D eigenvalue weighted by atomic mass is 9.89. The first-order chi connectivity index (χ1) is 13.0. The Bertz CT molecular complexity index is 944. The van der Waals surface area contributed by atoms with Crippen LogP contribution in [0.2, 0.25) is 0 Å². The van der Waals surface area contributed by atoms with Crippen molar-refractivity contribution in [2.75, 3.05) is 12.4 Å². The number of nitrogens with one attached hydrogen (secondary N) is 1. The topological polar surface area (TPSA) is 69.2 Å². The average molecular weight is 362 g/mol. The zero-order chi connectivity index (χ0) is 18.9. The molecule has 6 heteroatoms. The number of anilines is 1. The van der Waals surface area contributed by atoms with Gasteiger partial charge in [-0.25, -0.2) is 9.97 Å². The first kappa shape index (κ1) is 17.3. The number of rotatable bonds is 4. The summed E-state index contributed by atoms with van der Waals surface area (Å²) in [6, 6.07) is 11.7. The first-order valence-corrected chi connectivity index (χ1v) is 8.91. The van der Waals surface area contributed by atoms with Crippen LogP contribution in [0.5, 0.6) is 11.5 Å². The van der Waals surface area contributed by atoms with Gasteiger partial charge in [0.2, 0.25) is 5.95 Å². The molecule has 6 nitrogen and oxygen atoms in total. The van der Waals surface area contributed by atoms with Crippen molar-refractivity contribution in [2.24, 2.45) is 0 Å². The number of methoxy groups -OCH3 is 1. The SMILES string of the molecule is COc1ccc2c(c1)C(Nc1nccc(-c3cccnc3)n1)CC(C)(C)O2. The quantitative estimate of drug-likeness (QED) is 0.748. The second-order valence-corrected chi connectivity index (χ2v) is 7.17. The van der Waals surface area contributed by atoms with Crippen LogP contribution >= 0.6 is 0 Å². The number of hydrogen-bond donors (Lipinski definition) is 1. The van der Waals surface area contributed by atoms with E-state index < -0.39 is 0 Å². The monoisotopic (exact) mass is 362 g/mol. The molecule has 0 radical (unpaired) electrons. The van der Waals surface area contributed by atoms with Crippen molar-refractivity contribution in [3.63, 3.8) is 0 Å². The van der Waals surface area contributed by atoms with Crippen molar-refractivity contribution >= 4 is 5.95 Å². The molecule has 0 fully saturated rings. The summed E-state index contributed by atoms with van der Waals surface area (Å²) >= 11 is 0. The molecule has 1 N–H and O–H groups in total. The molecule has 0 saturated carbocycles. The normalized spacial score (nSPS) is 17.5. The molecule has 3 aromatic rings. The van der Waals surface area contributed by atoms with E-state index in [1.807, 2.05) is 36.4 Å². The minimum Gasteiger partial charge on any atom is -0.497 e. The van der Waals surface area contributed by atoms with Crippen molar-refractivity contribution in [2.45, 2.75) is 31.9 Å². The van der Waals surface area contributed by atoms with Crippen molar-refractivity contribution < 1.29 is 9.47 Å². The summed E-state index contributed by atoms with van der Waals surface area (Å²) in [5, 5.41) is 3.48. The standard InChI is InChI=1S/C21H22N4O2/c1-21(2)12-18(16-11-15(26-3)6-7-19(16)27-21)25-20-23-10-8-17(24-20)14-5-4-9-22-13-14/h4-11,13,18H,12H2,1-3H3,(H,23,24,25). The van der Waals surface area contributed by atoms with Gasteiger partial charge in [-0.05, 0) is 50.2 Å². The highest BCUT2D eigenvalue weighted by atomic mass is 16.5. The van der Waals surface area contributed by atoms with Crippen LogP contribution in [0.15, 0.2) is 55.0 Å². The third-order valence-electron chi connectivity index (χ3n) is 4.59. The third-order valence-corrected chi connectivity index (χ3v) is 4.59. The number of hydrogen-bond acceptors (Lipinski definition) is 6. The van der Waals surface area contributed by atoms with Gasteiger partial charge in [-0.1, -0.05) is 0 Å². The molecular formula is C21H22N4O2. The van der Waals surface area contributed by atoms with Crippen LogP contribution in [0.25, 0.3) is 11.3 Å². The molecular weight excluding hydrogens is 340 g/mol. The molecule has 3 heterocycles. The maximum absolute atomic E-state index is 6.14. The van der Waals surface area contributed by atoms with E-state index in [0.29, 0.717) is 5.95 Å². The second kappa shape index (κ2) is 6.87. The molecule has 138 valence electrons. The van der Waals surface area contributed by atoms with Gasteiger partial charge in [-0.2, -0.15) is 0 Å². The van der Waals surface area contributed by atoms with Gasteiger partial charge in [0.05, 0.1) is 18.8 Å². The molecule has 1 aromatic carbocycles. The number of fused-ring (bicyclic) bond motifs is 1. The Labute approximate surface area is 158 Å². The minimum absolute atomic E-state index is 0.0167. The van der Waals surface area contributed by atoms with E-state index >= 15 is 0 Å². The highest BCUT2D eigenvalue weighted by Gasteiger charge is 2.34. The van der Waals surface area contributed by atoms with Gasteiger partial charge in [0.15, 0.2) is 0 Å². The average Bonchev–Trinajstić information content (AvgIpc) is 2.68. The van der Waals surface area contributed by atoms with Gasteiger partial charge in [0.25, 0.3) is 0 Å². The predicted octanol–water partition coefficient (Wildman–Crippen LogP) is 4.26. The van der Waals surface area contributed by atoms with Gasteiger partial charge in [0, 0.05) is 36.1 Å². The van der Waals surface area contributed by atoms with E-state index in [1.165, 1.54) is 0 Å². The number of pyridine rings is 1. The smallest absolute Gasteiger partial charge is 0.223 e. The summed E-state index contributed by atoms with van der Waals surface area (Å²) in [5.74, 6) is 2.23. The lowest BCUT2D eigenvalue weighted by Gasteiger charge is -2.38. The second-order valence-electron chi connectivity index (χ2n) is 7.17. The van der Waals surface area contributed by atoms with E-state index in [2.05, 4.69) is 34.1 Å². The Morgan fingerprint density at radius 1 is 1.19 bits per heavy atom. The van der Waals surface area contributed by atoms with Gasteiger partial charge < -0.3 is 14.8 Å². The van der Waals surface area contributed by atoms with Crippen LogP contribution in [0.4, 0.5) is 5.95 Å². The molecule has 1 atom stereocenters. The molecule has 0 spiro atoms. The highest BCUT2D eigenvalue weighted by molar-refractivity contribution is 5.59. The summed E-state index contributed by atoms with van der Waals surface area (Å²) in [6.07, 6.45) is 6.09. The lowest BCUT2D eigenvalue weighted by Crippen LogP contribution is -2.37. The first-order valence-electron chi connectivity index (χ1n) is 8.91. The van der Waals surface area contributed by atoms with Crippen LogP contribution in [0.3, 0.4) is 0 Å². The summed E-state index contributed by atoms with van der Waals surface area (Å²) in [6.45, 7) is 4.17. The van der Waals surface area contributed by atoms with Crippen molar-refractivity contribution in [1.29, 1.82) is 0 Å². The Morgan fingerprint density at radius 2 is 2.07 bits per heavy atom. The molecule has 1 aliphatic rings. The van der Waals surface area contributed by atoms with Gasteiger partial charge in [-0.3, -0.25) is 4.98 Å². The largest absolute Gasteiger partial charge is 0.497 e. The molecule has 27 heavy (non-hydrogen) atoms. The number of nitrogens with zero attached hydrogens (tertiary/aromatic N) is 3. The summed E-state index contributed by atoms with van der Waals surface area (Å²) in [4.78, 5) is 13.2. The number of aromatic nitrogens is 3. The molecule has 0 aliphatic carbocycles.